The van der Waals surface area contributed by atoms with E-state index < -0.39 is 11.6 Å². The summed E-state index contributed by atoms with van der Waals surface area (Å²) in [5.41, 5.74) is 6.89. The van der Waals surface area contributed by atoms with E-state index in [4.69, 9.17) is 15.7 Å². The fourth-order valence-corrected chi connectivity index (χ4v) is 6.88. The molecule has 0 bridgehead atoms. The number of amidine groups is 1. The van der Waals surface area contributed by atoms with Gasteiger partial charge in [-0.25, -0.2) is 14.8 Å². The summed E-state index contributed by atoms with van der Waals surface area (Å²) in [5.74, 6) is -0.734. The Morgan fingerprint density at radius 3 is 2.11 bits per heavy atom. The van der Waals surface area contributed by atoms with Crippen molar-refractivity contribution in [2.75, 3.05) is 5.32 Å². The first-order chi connectivity index (χ1) is 21.2. The molecule has 0 aromatic heterocycles. The summed E-state index contributed by atoms with van der Waals surface area (Å²) in [6.07, 6.45) is 13.0. The molecule has 3 fully saturated rings. The fraction of sp³-hybridized carbons (Fsp3) is 0.412. The van der Waals surface area contributed by atoms with Crippen LogP contribution in [0.1, 0.15) is 92.6 Å². The molecule has 3 N–H and O–H groups in total. The zero-order valence-corrected chi connectivity index (χ0v) is 25.0. The highest BCUT2D eigenvalue weighted by atomic mass is 16.2. The molecule has 2 saturated carbocycles. The maximum Gasteiger partial charge on any atom is 0.329 e. The number of rotatable bonds is 7. The second-order valence-corrected chi connectivity index (χ2v) is 12.2. The van der Waals surface area contributed by atoms with E-state index in [1.54, 1.807) is 30.3 Å². The van der Waals surface area contributed by atoms with Crippen LogP contribution in [0.5, 0.6) is 0 Å². The second kappa shape index (κ2) is 12.2. The first-order valence-corrected chi connectivity index (χ1v) is 15.6. The number of carbonyl (C=O) groups is 4. The maximum absolute atomic E-state index is 14.1. The molecule has 10 nitrogen and oxygen atoms in total. The summed E-state index contributed by atoms with van der Waals surface area (Å²) in [7, 11) is 0. The molecule has 10 heteroatoms. The molecule has 2 aromatic carbocycles. The molecule has 2 aliphatic carbocycles. The Balaban J connectivity index is 1.21. The lowest BCUT2D eigenvalue weighted by molar-refractivity contribution is -0.127. The third-order valence-electron chi connectivity index (χ3n) is 9.21. The van der Waals surface area contributed by atoms with E-state index in [1.807, 2.05) is 36.1 Å². The first kappa shape index (κ1) is 29.5. The number of nitrogens with one attached hydrogen (secondary N) is 1. The van der Waals surface area contributed by atoms with Gasteiger partial charge in [0, 0.05) is 35.0 Å². The van der Waals surface area contributed by atoms with Crippen LogP contribution in [0.3, 0.4) is 0 Å². The molecule has 2 aliphatic heterocycles. The number of hydrogen-bond acceptors (Lipinski definition) is 6. The van der Waals surface area contributed by atoms with Gasteiger partial charge >= 0.3 is 6.03 Å². The van der Waals surface area contributed by atoms with Crippen molar-refractivity contribution in [2.45, 2.75) is 88.9 Å². The number of hydrogen-bond donors (Lipinski definition) is 2. The highest BCUT2D eigenvalue weighted by molar-refractivity contribution is 6.49. The van der Waals surface area contributed by atoms with Gasteiger partial charge in [0.1, 0.15) is 0 Å². The number of carbonyl (C=O) groups excluding carboxylic acids is 4. The largest absolute Gasteiger partial charge is 0.366 e. The van der Waals surface area contributed by atoms with E-state index in [0.29, 0.717) is 22.8 Å². The van der Waals surface area contributed by atoms with Gasteiger partial charge in [-0.15, -0.1) is 0 Å². The van der Waals surface area contributed by atoms with Gasteiger partial charge in [-0.1, -0.05) is 62.8 Å². The second-order valence-electron chi connectivity index (χ2n) is 12.2. The first-order valence-electron chi connectivity index (χ1n) is 15.6. The fourth-order valence-electron chi connectivity index (χ4n) is 6.88. The quantitative estimate of drug-likeness (QED) is 0.421. The number of primary amides is 1. The molecule has 228 valence electrons. The van der Waals surface area contributed by atoms with Gasteiger partial charge in [0.05, 0.1) is 0 Å². The molecule has 2 aromatic rings. The third kappa shape index (κ3) is 5.68. The van der Waals surface area contributed by atoms with Gasteiger partial charge in [-0.3, -0.25) is 24.2 Å². The number of anilines is 1. The Labute approximate surface area is 257 Å². The van der Waals surface area contributed by atoms with Crippen LogP contribution in [0, 0.1) is 0 Å². The van der Waals surface area contributed by atoms with Crippen LogP contribution in [0.2, 0.25) is 0 Å². The van der Waals surface area contributed by atoms with Crippen molar-refractivity contribution in [3.05, 3.63) is 71.3 Å². The van der Waals surface area contributed by atoms with Gasteiger partial charge in [0.15, 0.2) is 17.2 Å². The molecular weight excluding hydrogens is 556 g/mol. The minimum absolute atomic E-state index is 0.0218. The van der Waals surface area contributed by atoms with E-state index in [9.17, 15) is 19.2 Å². The number of nitrogens with two attached hydrogens (primary N) is 1. The Kier molecular flexibility index (Phi) is 8.16. The van der Waals surface area contributed by atoms with Crippen LogP contribution < -0.4 is 11.1 Å². The topological polar surface area (TPSA) is 138 Å². The summed E-state index contributed by atoms with van der Waals surface area (Å²) < 4.78 is 0. The lowest BCUT2D eigenvalue weighted by atomic mass is 9.88. The average Bonchev–Trinajstić information content (AvgIpc) is 3.40. The highest BCUT2D eigenvalue weighted by Crippen LogP contribution is 2.40. The van der Waals surface area contributed by atoms with Crippen LogP contribution in [0.25, 0.3) is 6.08 Å². The van der Waals surface area contributed by atoms with Crippen LogP contribution in [-0.4, -0.2) is 62.8 Å². The predicted octanol–water partition coefficient (Wildman–Crippen LogP) is 5.28. The number of fused-ring (bicyclic) bond motifs is 1. The standard InChI is InChI=1S/C34H38N6O4/c1-34-29(32(43)39(26-8-4-2-5-9-26)33(44)40(34)27-10-6-3-7-11-27)37-31(38-34)24-15-12-22(13-16-24)14-21-28(41)36-25-19-17-23(18-20-25)30(35)42/h12-21,26-27H,2-11H2,1H3,(H2,35,42)(H,36,41)/b21-14+. The van der Waals surface area contributed by atoms with E-state index in [0.717, 1.165) is 75.3 Å². The molecule has 0 radical (unpaired) electrons. The molecule has 0 spiro atoms. The number of benzene rings is 2. The Hall–Kier alpha value is -4.60. The average molecular weight is 595 g/mol. The summed E-state index contributed by atoms with van der Waals surface area (Å²) in [6.45, 7) is 1.86. The third-order valence-corrected chi connectivity index (χ3v) is 9.21. The highest BCUT2D eigenvalue weighted by Gasteiger charge is 2.57. The molecule has 6 rings (SSSR count). The molecule has 2 heterocycles. The van der Waals surface area contributed by atoms with E-state index >= 15 is 0 Å². The van der Waals surface area contributed by atoms with Crippen molar-refractivity contribution < 1.29 is 19.2 Å². The Bertz CT molecular complexity index is 1550. The number of imide groups is 1. The molecule has 44 heavy (non-hydrogen) atoms. The van der Waals surface area contributed by atoms with Crippen LogP contribution >= 0.6 is 0 Å². The van der Waals surface area contributed by atoms with Crippen LogP contribution in [0.15, 0.2) is 64.6 Å². The van der Waals surface area contributed by atoms with Crippen molar-refractivity contribution in [1.29, 1.82) is 0 Å². The molecule has 1 saturated heterocycles. The van der Waals surface area contributed by atoms with Gasteiger partial charge in [0.25, 0.3) is 5.91 Å². The minimum Gasteiger partial charge on any atom is -0.366 e. The molecule has 5 amide bonds. The van der Waals surface area contributed by atoms with E-state index in [2.05, 4.69) is 5.32 Å². The number of nitrogens with zero attached hydrogens (tertiary/aromatic N) is 4. The zero-order valence-electron chi connectivity index (χ0n) is 25.0. The summed E-state index contributed by atoms with van der Waals surface area (Å²) in [5, 5.41) is 2.75. The number of amides is 5. The number of urea groups is 1. The lowest BCUT2D eigenvalue weighted by Crippen LogP contribution is -2.71. The van der Waals surface area contributed by atoms with Gasteiger partial charge < -0.3 is 11.1 Å². The zero-order chi connectivity index (χ0) is 30.8. The predicted molar refractivity (Wildman–Crippen MR) is 169 cm³/mol. The van der Waals surface area contributed by atoms with Crippen molar-refractivity contribution in [1.82, 2.24) is 9.80 Å². The van der Waals surface area contributed by atoms with E-state index in [-0.39, 0.29) is 29.9 Å². The van der Waals surface area contributed by atoms with Crippen molar-refractivity contribution in [3.63, 3.8) is 0 Å². The Morgan fingerprint density at radius 2 is 1.50 bits per heavy atom. The van der Waals surface area contributed by atoms with Crippen molar-refractivity contribution in [2.24, 2.45) is 15.7 Å². The summed E-state index contributed by atoms with van der Waals surface area (Å²) >= 11 is 0. The summed E-state index contributed by atoms with van der Waals surface area (Å²) in [4.78, 5) is 64.8. The summed E-state index contributed by atoms with van der Waals surface area (Å²) in [6, 6.07) is 13.5. The van der Waals surface area contributed by atoms with E-state index in [1.165, 1.54) is 11.0 Å². The maximum atomic E-state index is 14.1. The molecular formula is C34H38N6O4. The minimum atomic E-state index is -1.14. The molecule has 4 aliphatic rings. The Morgan fingerprint density at radius 1 is 0.886 bits per heavy atom. The van der Waals surface area contributed by atoms with Crippen LogP contribution in [0.4, 0.5) is 10.5 Å². The lowest BCUT2D eigenvalue weighted by Gasteiger charge is -2.50. The van der Waals surface area contributed by atoms with Crippen molar-refractivity contribution >= 4 is 47.1 Å². The number of aliphatic imine (C=N–C) groups is 2. The van der Waals surface area contributed by atoms with Gasteiger partial charge in [-0.05, 0) is 68.5 Å². The van der Waals surface area contributed by atoms with Gasteiger partial charge in [0.2, 0.25) is 11.8 Å². The smallest absolute Gasteiger partial charge is 0.329 e. The molecule has 1 atom stereocenters. The normalized spacial score (nSPS) is 23.0. The van der Waals surface area contributed by atoms with Gasteiger partial charge in [-0.2, -0.15) is 0 Å². The molecule has 1 unspecified atom stereocenters. The van der Waals surface area contributed by atoms with Crippen molar-refractivity contribution in [3.8, 4) is 0 Å². The SMILES string of the molecule is CC12N=C(c3ccc(/C=C/C(=O)Nc4ccc(C(N)=O)cc4)cc3)N=C1C(=O)N(C1CCCCC1)C(=O)N2C1CCCCC1. The monoisotopic (exact) mass is 594 g/mol. The van der Waals surface area contributed by atoms with Crippen LogP contribution in [-0.2, 0) is 9.59 Å².